The Morgan fingerprint density at radius 1 is 0.885 bits per heavy atom. The van der Waals surface area contributed by atoms with Crippen molar-refractivity contribution in [1.82, 2.24) is 0 Å². The number of ether oxygens (including phenoxy) is 1. The fourth-order valence-electron chi connectivity index (χ4n) is 3.04. The lowest BCUT2D eigenvalue weighted by Gasteiger charge is -2.13. The predicted molar refractivity (Wildman–Crippen MR) is 110 cm³/mol. The van der Waals surface area contributed by atoms with Gasteiger partial charge in [-0.1, -0.05) is 82.2 Å². The van der Waals surface area contributed by atoms with Crippen LogP contribution >= 0.6 is 11.6 Å². The van der Waals surface area contributed by atoms with Gasteiger partial charge in [-0.3, -0.25) is 4.79 Å². The highest BCUT2D eigenvalue weighted by atomic mass is 35.5. The van der Waals surface area contributed by atoms with Gasteiger partial charge in [-0.25, -0.2) is 0 Å². The number of carbonyl (C=O) groups excluding carboxylic acids is 1. The monoisotopic (exact) mass is 372 g/mol. The van der Waals surface area contributed by atoms with Crippen LogP contribution in [0.25, 0.3) is 11.1 Å². The van der Waals surface area contributed by atoms with Crippen molar-refractivity contribution in [2.24, 2.45) is 0 Å². The van der Waals surface area contributed by atoms with E-state index in [1.54, 1.807) is 12.1 Å². The zero-order chi connectivity index (χ0) is 18.6. The molecule has 2 nitrogen and oxygen atoms in total. The first-order valence-electron chi connectivity index (χ1n) is 9.74. The lowest BCUT2D eigenvalue weighted by molar-refractivity contribution is 0.108. The van der Waals surface area contributed by atoms with Crippen molar-refractivity contribution in [3.8, 4) is 16.9 Å². The van der Waals surface area contributed by atoms with Crippen LogP contribution in [0.3, 0.4) is 0 Å². The number of hydrogen-bond donors (Lipinski definition) is 0. The van der Waals surface area contributed by atoms with E-state index in [2.05, 4.69) is 6.92 Å². The first kappa shape index (κ1) is 20.5. The summed E-state index contributed by atoms with van der Waals surface area (Å²) in [6.07, 6.45) is 10.1. The van der Waals surface area contributed by atoms with Crippen LogP contribution in [0.15, 0.2) is 48.5 Å². The third kappa shape index (κ3) is 6.84. The van der Waals surface area contributed by atoms with Crippen LogP contribution in [0.1, 0.15) is 68.6 Å². The smallest absolute Gasteiger partial charge is 0.252 e. The Balaban J connectivity index is 1.88. The van der Waals surface area contributed by atoms with Crippen molar-refractivity contribution < 1.29 is 9.53 Å². The minimum absolute atomic E-state index is 0.457. The van der Waals surface area contributed by atoms with Gasteiger partial charge >= 0.3 is 0 Å². The molecule has 0 aliphatic heterocycles. The lowest BCUT2D eigenvalue weighted by Crippen LogP contribution is -2.01. The molecule has 2 aromatic carbocycles. The Kier molecular flexibility index (Phi) is 9.27. The van der Waals surface area contributed by atoms with Crippen molar-refractivity contribution in [2.75, 3.05) is 6.61 Å². The average molecular weight is 373 g/mol. The Bertz CT molecular complexity index is 667. The summed E-state index contributed by atoms with van der Waals surface area (Å²) in [6.45, 7) is 2.91. The largest absolute Gasteiger partial charge is 0.493 e. The molecule has 0 aliphatic carbocycles. The Morgan fingerprint density at radius 3 is 2.19 bits per heavy atom. The van der Waals surface area contributed by atoms with E-state index in [0.717, 1.165) is 23.3 Å². The fraction of sp³-hybridized carbons (Fsp3) is 0.435. The molecule has 0 amide bonds. The highest BCUT2D eigenvalue weighted by molar-refractivity contribution is 6.67. The van der Waals surface area contributed by atoms with Crippen molar-refractivity contribution in [2.45, 2.75) is 58.3 Å². The van der Waals surface area contributed by atoms with E-state index in [1.165, 1.54) is 44.9 Å². The Hall–Kier alpha value is -1.80. The molecule has 0 saturated heterocycles. The van der Waals surface area contributed by atoms with Gasteiger partial charge in [0.15, 0.2) is 0 Å². The van der Waals surface area contributed by atoms with E-state index in [-0.39, 0.29) is 0 Å². The maximum absolute atomic E-state index is 11.5. The van der Waals surface area contributed by atoms with Crippen LogP contribution in [-0.4, -0.2) is 11.8 Å². The molecule has 0 unspecified atom stereocenters. The molecule has 0 heterocycles. The third-order valence-corrected chi connectivity index (χ3v) is 4.77. The second kappa shape index (κ2) is 11.7. The molecule has 0 aromatic heterocycles. The predicted octanol–water partition coefficient (Wildman–Crippen LogP) is 7.25. The molecule has 0 saturated carbocycles. The highest BCUT2D eigenvalue weighted by Gasteiger charge is 2.10. The first-order chi connectivity index (χ1) is 12.7. The molecule has 3 heteroatoms. The van der Waals surface area contributed by atoms with Crippen molar-refractivity contribution in [3.63, 3.8) is 0 Å². The molecule has 0 spiro atoms. The van der Waals surface area contributed by atoms with Gasteiger partial charge in [0.2, 0.25) is 0 Å². The SMILES string of the molecule is CCCCCCCCCCOc1cc(C(=O)Cl)ccc1-c1ccccc1. The molecule has 0 N–H and O–H groups in total. The number of unbranched alkanes of at least 4 members (excludes halogenated alkanes) is 7. The summed E-state index contributed by atoms with van der Waals surface area (Å²) in [5.74, 6) is 0.727. The van der Waals surface area contributed by atoms with Crippen LogP contribution in [0, 0.1) is 0 Å². The van der Waals surface area contributed by atoms with E-state index < -0.39 is 5.24 Å². The summed E-state index contributed by atoms with van der Waals surface area (Å²) in [5.41, 5.74) is 2.54. The lowest BCUT2D eigenvalue weighted by atomic mass is 10.0. The summed E-state index contributed by atoms with van der Waals surface area (Å²) < 4.78 is 6.02. The van der Waals surface area contributed by atoms with Crippen LogP contribution in [-0.2, 0) is 0 Å². The number of rotatable bonds is 12. The summed E-state index contributed by atoms with van der Waals surface area (Å²) in [4.78, 5) is 11.5. The molecule has 0 atom stereocenters. The van der Waals surface area contributed by atoms with Crippen molar-refractivity contribution in [3.05, 3.63) is 54.1 Å². The van der Waals surface area contributed by atoms with Gasteiger partial charge in [0.25, 0.3) is 5.24 Å². The van der Waals surface area contributed by atoms with E-state index >= 15 is 0 Å². The number of halogens is 1. The number of hydrogen-bond acceptors (Lipinski definition) is 2. The van der Waals surface area contributed by atoms with Gasteiger partial charge in [-0.2, -0.15) is 0 Å². The molecule has 2 rings (SSSR count). The molecule has 0 fully saturated rings. The molecule has 2 aromatic rings. The van der Waals surface area contributed by atoms with E-state index in [4.69, 9.17) is 16.3 Å². The van der Waals surface area contributed by atoms with Gasteiger partial charge in [0.05, 0.1) is 6.61 Å². The average Bonchev–Trinajstić information content (AvgIpc) is 2.67. The highest BCUT2D eigenvalue weighted by Crippen LogP contribution is 2.31. The molecule has 140 valence electrons. The summed E-state index contributed by atoms with van der Waals surface area (Å²) in [5, 5.41) is -0.457. The van der Waals surface area contributed by atoms with Gasteiger partial charge in [0.1, 0.15) is 5.75 Å². The zero-order valence-electron chi connectivity index (χ0n) is 15.7. The second-order valence-corrected chi connectivity index (χ2v) is 7.02. The summed E-state index contributed by atoms with van der Waals surface area (Å²) in [7, 11) is 0. The van der Waals surface area contributed by atoms with E-state index in [0.29, 0.717) is 12.2 Å². The molecule has 0 radical (unpaired) electrons. The minimum atomic E-state index is -0.457. The third-order valence-electron chi connectivity index (χ3n) is 4.55. The standard InChI is InChI=1S/C23H29ClO2/c1-2-3-4-5-6-7-8-12-17-26-22-18-20(23(24)25)15-16-21(22)19-13-10-9-11-14-19/h9-11,13-16,18H,2-8,12,17H2,1H3. The van der Waals surface area contributed by atoms with Gasteiger partial charge in [-0.15, -0.1) is 0 Å². The van der Waals surface area contributed by atoms with Crippen molar-refractivity contribution in [1.29, 1.82) is 0 Å². The van der Waals surface area contributed by atoms with Gasteiger partial charge < -0.3 is 4.74 Å². The molecule has 0 bridgehead atoms. The maximum atomic E-state index is 11.5. The van der Waals surface area contributed by atoms with Crippen LogP contribution in [0.4, 0.5) is 0 Å². The van der Waals surface area contributed by atoms with Crippen molar-refractivity contribution >= 4 is 16.8 Å². The zero-order valence-corrected chi connectivity index (χ0v) is 16.4. The van der Waals surface area contributed by atoms with Gasteiger partial charge in [0, 0.05) is 11.1 Å². The fourth-order valence-corrected chi connectivity index (χ4v) is 3.16. The van der Waals surface area contributed by atoms with Crippen LogP contribution in [0.5, 0.6) is 5.75 Å². The van der Waals surface area contributed by atoms with Crippen LogP contribution < -0.4 is 4.74 Å². The molecule has 0 aliphatic rings. The second-order valence-electron chi connectivity index (χ2n) is 6.67. The summed E-state index contributed by atoms with van der Waals surface area (Å²) >= 11 is 5.63. The first-order valence-corrected chi connectivity index (χ1v) is 10.1. The quantitative estimate of drug-likeness (QED) is 0.289. The minimum Gasteiger partial charge on any atom is -0.493 e. The maximum Gasteiger partial charge on any atom is 0.252 e. The molecule has 26 heavy (non-hydrogen) atoms. The Morgan fingerprint density at radius 2 is 1.54 bits per heavy atom. The van der Waals surface area contributed by atoms with E-state index in [1.807, 2.05) is 36.4 Å². The van der Waals surface area contributed by atoms with E-state index in [9.17, 15) is 4.79 Å². The topological polar surface area (TPSA) is 26.3 Å². The number of benzene rings is 2. The normalized spacial score (nSPS) is 10.7. The summed E-state index contributed by atoms with van der Waals surface area (Å²) in [6, 6.07) is 15.5. The number of carbonyl (C=O) groups is 1. The molecular weight excluding hydrogens is 344 g/mol. The van der Waals surface area contributed by atoms with Crippen LogP contribution in [0.2, 0.25) is 0 Å². The van der Waals surface area contributed by atoms with Gasteiger partial charge in [-0.05, 0) is 41.8 Å². The molecular formula is C23H29ClO2. The Labute approximate surface area is 162 Å².